The van der Waals surface area contributed by atoms with E-state index in [2.05, 4.69) is 62.1 Å². The highest BCUT2D eigenvalue weighted by molar-refractivity contribution is 8.00. The third-order valence-corrected chi connectivity index (χ3v) is 5.60. The highest BCUT2D eigenvalue weighted by Crippen LogP contribution is 2.39. The van der Waals surface area contributed by atoms with Gasteiger partial charge in [-0.15, -0.1) is 11.8 Å². The summed E-state index contributed by atoms with van der Waals surface area (Å²) in [6.45, 7) is 8.09. The van der Waals surface area contributed by atoms with Crippen LogP contribution in [0.5, 0.6) is 0 Å². The quantitative estimate of drug-likeness (QED) is 0.731. The lowest BCUT2D eigenvalue weighted by atomic mass is 9.96. The van der Waals surface area contributed by atoms with E-state index in [0.29, 0.717) is 6.04 Å². The van der Waals surface area contributed by atoms with Gasteiger partial charge < -0.3 is 5.32 Å². The van der Waals surface area contributed by atoms with E-state index in [1.807, 2.05) is 0 Å². The molecule has 0 amide bonds. The fourth-order valence-corrected chi connectivity index (χ4v) is 4.35. The molecule has 112 valence electrons. The summed E-state index contributed by atoms with van der Waals surface area (Å²) in [5.41, 5.74) is 1.56. The van der Waals surface area contributed by atoms with Crippen LogP contribution in [0.4, 0.5) is 0 Å². The van der Waals surface area contributed by atoms with Crippen molar-refractivity contribution in [1.82, 2.24) is 5.32 Å². The number of hydrogen-bond acceptors (Lipinski definition) is 2. The zero-order chi connectivity index (χ0) is 14.4. The standard InChI is InChI=1S/C18H29NS/c1-4-12-19-17(14(2)3)10-7-9-16-13-15-8-5-6-11-18(15)20-16/h5-6,8,11,14,16-17,19H,4,7,9-10,12-13H2,1-3H3. The maximum Gasteiger partial charge on any atom is 0.0135 e. The van der Waals surface area contributed by atoms with Crippen LogP contribution >= 0.6 is 11.8 Å². The van der Waals surface area contributed by atoms with Crippen LogP contribution in [-0.4, -0.2) is 17.8 Å². The van der Waals surface area contributed by atoms with E-state index in [9.17, 15) is 0 Å². The van der Waals surface area contributed by atoms with Crippen molar-refractivity contribution < 1.29 is 0 Å². The molecule has 2 rings (SSSR count). The van der Waals surface area contributed by atoms with E-state index >= 15 is 0 Å². The van der Waals surface area contributed by atoms with Gasteiger partial charge in [-0.3, -0.25) is 0 Å². The molecule has 1 heterocycles. The minimum atomic E-state index is 0.698. The van der Waals surface area contributed by atoms with Crippen molar-refractivity contribution >= 4 is 11.8 Å². The molecule has 0 spiro atoms. The van der Waals surface area contributed by atoms with Crippen LogP contribution in [0.1, 0.15) is 52.0 Å². The maximum absolute atomic E-state index is 3.70. The van der Waals surface area contributed by atoms with Gasteiger partial charge in [0.1, 0.15) is 0 Å². The summed E-state index contributed by atoms with van der Waals surface area (Å²) in [7, 11) is 0. The van der Waals surface area contributed by atoms with Crippen LogP contribution in [0, 0.1) is 5.92 Å². The third-order valence-electron chi connectivity index (χ3n) is 4.22. The second kappa shape index (κ2) is 8.09. The van der Waals surface area contributed by atoms with Gasteiger partial charge in [0.2, 0.25) is 0 Å². The third kappa shape index (κ3) is 4.53. The molecule has 1 aliphatic rings. The molecule has 2 heteroatoms. The van der Waals surface area contributed by atoms with Crippen LogP contribution in [0.15, 0.2) is 29.2 Å². The predicted octanol–water partition coefficient (Wildman–Crippen LogP) is 4.90. The Kier molecular flexibility index (Phi) is 6.44. The average Bonchev–Trinajstić information content (AvgIpc) is 2.84. The van der Waals surface area contributed by atoms with Crippen molar-refractivity contribution in [3.8, 4) is 0 Å². The van der Waals surface area contributed by atoms with E-state index < -0.39 is 0 Å². The van der Waals surface area contributed by atoms with Gasteiger partial charge in [0, 0.05) is 16.2 Å². The van der Waals surface area contributed by atoms with Crippen LogP contribution < -0.4 is 5.32 Å². The van der Waals surface area contributed by atoms with Gasteiger partial charge in [-0.25, -0.2) is 0 Å². The molecule has 1 aromatic rings. The van der Waals surface area contributed by atoms with Gasteiger partial charge in [0.15, 0.2) is 0 Å². The van der Waals surface area contributed by atoms with Crippen molar-refractivity contribution in [2.75, 3.05) is 6.54 Å². The van der Waals surface area contributed by atoms with E-state index in [4.69, 9.17) is 0 Å². The molecule has 0 aliphatic carbocycles. The Labute approximate surface area is 128 Å². The second-order valence-electron chi connectivity index (χ2n) is 6.29. The summed E-state index contributed by atoms with van der Waals surface area (Å²) < 4.78 is 0. The molecule has 1 nitrogen and oxygen atoms in total. The Balaban J connectivity index is 1.71. The van der Waals surface area contributed by atoms with Gasteiger partial charge in [-0.2, -0.15) is 0 Å². The highest BCUT2D eigenvalue weighted by Gasteiger charge is 2.22. The van der Waals surface area contributed by atoms with Crippen molar-refractivity contribution in [3.63, 3.8) is 0 Å². The minimum absolute atomic E-state index is 0.698. The summed E-state index contributed by atoms with van der Waals surface area (Å²) >= 11 is 2.09. The first-order chi connectivity index (χ1) is 9.70. The Morgan fingerprint density at radius 1 is 1.30 bits per heavy atom. The SMILES string of the molecule is CCCNC(CCCC1Cc2ccccc2S1)C(C)C. The zero-order valence-electron chi connectivity index (χ0n) is 13.2. The van der Waals surface area contributed by atoms with E-state index in [0.717, 1.165) is 17.7 Å². The zero-order valence-corrected chi connectivity index (χ0v) is 14.0. The largest absolute Gasteiger partial charge is 0.314 e. The molecule has 0 aromatic heterocycles. The van der Waals surface area contributed by atoms with E-state index in [1.54, 1.807) is 5.56 Å². The van der Waals surface area contributed by atoms with Crippen LogP contribution in [0.2, 0.25) is 0 Å². The molecule has 0 radical (unpaired) electrons. The molecule has 1 aromatic carbocycles. The van der Waals surface area contributed by atoms with Gasteiger partial charge in [0.25, 0.3) is 0 Å². The van der Waals surface area contributed by atoms with Crippen LogP contribution in [0.3, 0.4) is 0 Å². The molecule has 1 N–H and O–H groups in total. The first-order valence-electron chi connectivity index (χ1n) is 8.18. The first-order valence-corrected chi connectivity index (χ1v) is 9.06. The molecule has 20 heavy (non-hydrogen) atoms. The Bertz CT molecular complexity index is 377. The minimum Gasteiger partial charge on any atom is -0.314 e. The van der Waals surface area contributed by atoms with Crippen molar-refractivity contribution in [1.29, 1.82) is 0 Å². The summed E-state index contributed by atoms with van der Waals surface area (Å²) in [6, 6.07) is 9.61. The molecule has 2 unspecified atom stereocenters. The number of fused-ring (bicyclic) bond motifs is 1. The van der Waals surface area contributed by atoms with Gasteiger partial charge >= 0.3 is 0 Å². The maximum atomic E-state index is 3.70. The second-order valence-corrected chi connectivity index (χ2v) is 7.63. The summed E-state index contributed by atoms with van der Waals surface area (Å²) in [5.74, 6) is 0.745. The van der Waals surface area contributed by atoms with Crippen molar-refractivity contribution in [2.45, 2.75) is 69.1 Å². The summed E-state index contributed by atoms with van der Waals surface area (Å²) in [4.78, 5) is 1.52. The fourth-order valence-electron chi connectivity index (χ4n) is 2.98. The molecule has 0 fully saturated rings. The van der Waals surface area contributed by atoms with Crippen molar-refractivity contribution in [2.24, 2.45) is 5.92 Å². The van der Waals surface area contributed by atoms with Gasteiger partial charge in [-0.1, -0.05) is 45.4 Å². The summed E-state index contributed by atoms with van der Waals surface area (Å²) in [6.07, 6.45) is 6.54. The lowest BCUT2D eigenvalue weighted by Gasteiger charge is -2.22. The molecule has 0 saturated heterocycles. The molecule has 1 aliphatic heterocycles. The topological polar surface area (TPSA) is 12.0 Å². The Hall–Kier alpha value is -0.470. The number of hydrogen-bond donors (Lipinski definition) is 1. The predicted molar refractivity (Wildman–Crippen MR) is 90.6 cm³/mol. The Morgan fingerprint density at radius 3 is 2.80 bits per heavy atom. The molecular weight excluding hydrogens is 262 g/mol. The molecule has 0 bridgehead atoms. The molecule has 0 saturated carbocycles. The Morgan fingerprint density at radius 2 is 2.10 bits per heavy atom. The number of nitrogens with one attached hydrogen (secondary N) is 1. The van der Waals surface area contributed by atoms with Gasteiger partial charge in [-0.05, 0) is 49.8 Å². The lowest BCUT2D eigenvalue weighted by Crippen LogP contribution is -2.34. The average molecular weight is 292 g/mol. The monoisotopic (exact) mass is 291 g/mol. The first kappa shape index (κ1) is 15.9. The number of rotatable bonds is 8. The fraction of sp³-hybridized carbons (Fsp3) is 0.667. The summed E-state index contributed by atoms with van der Waals surface area (Å²) in [5, 5.41) is 4.52. The normalized spacial score (nSPS) is 19.3. The van der Waals surface area contributed by atoms with Crippen LogP contribution in [0.25, 0.3) is 0 Å². The molecular formula is C18H29NS. The lowest BCUT2D eigenvalue weighted by molar-refractivity contribution is 0.366. The van der Waals surface area contributed by atoms with Crippen LogP contribution in [-0.2, 0) is 6.42 Å². The smallest absolute Gasteiger partial charge is 0.0135 e. The molecule has 2 atom stereocenters. The number of benzene rings is 1. The van der Waals surface area contributed by atoms with E-state index in [1.165, 1.54) is 37.0 Å². The van der Waals surface area contributed by atoms with E-state index in [-0.39, 0.29) is 0 Å². The van der Waals surface area contributed by atoms with Gasteiger partial charge in [0.05, 0.1) is 0 Å². The number of thioether (sulfide) groups is 1. The van der Waals surface area contributed by atoms with Crippen molar-refractivity contribution in [3.05, 3.63) is 29.8 Å². The highest BCUT2D eigenvalue weighted by atomic mass is 32.2.